The minimum Gasteiger partial charge on any atom is -0.476 e. The van der Waals surface area contributed by atoms with Crippen molar-refractivity contribution < 1.29 is 9.90 Å². The van der Waals surface area contributed by atoms with Crippen molar-refractivity contribution in [3.8, 4) is 0 Å². The second-order valence-corrected chi connectivity index (χ2v) is 4.65. The van der Waals surface area contributed by atoms with Crippen molar-refractivity contribution in [1.82, 2.24) is 25.2 Å². The summed E-state index contributed by atoms with van der Waals surface area (Å²) in [5, 5.41) is 19.4. The number of aromatic nitrogens is 3. The molecule has 1 aliphatic heterocycles. The quantitative estimate of drug-likeness (QED) is 0.675. The van der Waals surface area contributed by atoms with Gasteiger partial charge in [-0.05, 0) is 26.4 Å². The van der Waals surface area contributed by atoms with E-state index >= 15 is 0 Å². The summed E-state index contributed by atoms with van der Waals surface area (Å²) >= 11 is 0. The highest BCUT2D eigenvalue weighted by atomic mass is 16.4. The molecule has 1 aromatic rings. The normalized spacial score (nSPS) is 20.4. The minimum absolute atomic E-state index is 0.00877. The molecule has 0 spiro atoms. The zero-order valence-electron chi connectivity index (χ0n) is 10.5. The Morgan fingerprint density at radius 2 is 2.50 bits per heavy atom. The van der Waals surface area contributed by atoms with Crippen molar-refractivity contribution >= 4 is 5.97 Å². The summed E-state index contributed by atoms with van der Waals surface area (Å²) in [6.07, 6.45) is 3.97. The maximum atomic E-state index is 10.6. The third-order valence-corrected chi connectivity index (χ3v) is 3.33. The molecule has 7 nitrogen and oxygen atoms in total. The molecule has 1 atom stereocenters. The number of carbonyl (C=O) groups is 1. The van der Waals surface area contributed by atoms with Crippen LogP contribution < -0.4 is 5.32 Å². The zero-order valence-corrected chi connectivity index (χ0v) is 10.5. The van der Waals surface area contributed by atoms with Crippen LogP contribution in [0, 0.1) is 0 Å². The molecule has 18 heavy (non-hydrogen) atoms. The summed E-state index contributed by atoms with van der Waals surface area (Å²) in [6.45, 7) is 3.55. The SMILES string of the molecule is CN1CCCC1CNCCn1cc(C(=O)O)nn1. The Kier molecular flexibility index (Phi) is 4.27. The molecule has 1 saturated heterocycles. The number of likely N-dealkylation sites (tertiary alicyclic amines) is 1. The van der Waals surface area contributed by atoms with Gasteiger partial charge in [0.05, 0.1) is 12.7 Å². The van der Waals surface area contributed by atoms with Crippen LogP contribution in [0.3, 0.4) is 0 Å². The molecule has 0 saturated carbocycles. The standard InChI is InChI=1S/C11H19N5O2/c1-15-5-2-3-9(15)7-12-4-6-16-8-10(11(17)18)13-14-16/h8-9,12H,2-7H2,1H3,(H,17,18). The lowest BCUT2D eigenvalue weighted by Gasteiger charge is -2.19. The first-order chi connectivity index (χ1) is 8.66. The highest BCUT2D eigenvalue weighted by Gasteiger charge is 2.19. The topological polar surface area (TPSA) is 83.3 Å². The van der Waals surface area contributed by atoms with E-state index in [0.29, 0.717) is 12.6 Å². The molecule has 0 amide bonds. The lowest BCUT2D eigenvalue weighted by atomic mass is 10.2. The Labute approximate surface area is 106 Å². The molecule has 0 aliphatic carbocycles. The first-order valence-electron chi connectivity index (χ1n) is 6.21. The summed E-state index contributed by atoms with van der Waals surface area (Å²) in [5.41, 5.74) is -0.00877. The Balaban J connectivity index is 1.67. The van der Waals surface area contributed by atoms with E-state index in [1.54, 1.807) is 4.68 Å². The lowest BCUT2D eigenvalue weighted by molar-refractivity contribution is 0.0690. The van der Waals surface area contributed by atoms with Crippen molar-refractivity contribution in [2.45, 2.75) is 25.4 Å². The number of aromatic carboxylic acids is 1. The van der Waals surface area contributed by atoms with Crippen LogP contribution >= 0.6 is 0 Å². The average Bonchev–Trinajstić information content (AvgIpc) is 2.94. The molecule has 1 fully saturated rings. The lowest BCUT2D eigenvalue weighted by Crippen LogP contribution is -2.36. The van der Waals surface area contributed by atoms with Crippen molar-refractivity contribution in [1.29, 1.82) is 0 Å². The second-order valence-electron chi connectivity index (χ2n) is 4.65. The molecule has 1 unspecified atom stereocenters. The van der Waals surface area contributed by atoms with Gasteiger partial charge >= 0.3 is 5.97 Å². The number of hydrogen-bond donors (Lipinski definition) is 2. The van der Waals surface area contributed by atoms with Gasteiger partial charge in [0.1, 0.15) is 0 Å². The van der Waals surface area contributed by atoms with E-state index < -0.39 is 5.97 Å². The van der Waals surface area contributed by atoms with E-state index in [-0.39, 0.29) is 5.69 Å². The van der Waals surface area contributed by atoms with Gasteiger partial charge in [0.2, 0.25) is 0 Å². The number of nitrogens with one attached hydrogen (secondary N) is 1. The van der Waals surface area contributed by atoms with Crippen molar-refractivity contribution in [2.75, 3.05) is 26.7 Å². The van der Waals surface area contributed by atoms with Gasteiger partial charge in [-0.3, -0.25) is 4.68 Å². The van der Waals surface area contributed by atoms with E-state index in [2.05, 4.69) is 27.6 Å². The molecule has 2 rings (SSSR count). The Morgan fingerprint density at radius 3 is 3.11 bits per heavy atom. The predicted octanol–water partition coefficient (Wildman–Crippen LogP) is -0.340. The summed E-state index contributed by atoms with van der Waals surface area (Å²) in [7, 11) is 2.15. The second kappa shape index (κ2) is 5.92. The number of carboxylic acid groups (broad SMARTS) is 1. The van der Waals surface area contributed by atoms with Gasteiger partial charge in [-0.15, -0.1) is 5.10 Å². The van der Waals surface area contributed by atoms with Gasteiger partial charge < -0.3 is 15.3 Å². The van der Waals surface area contributed by atoms with Crippen LogP contribution in [0.15, 0.2) is 6.20 Å². The highest BCUT2D eigenvalue weighted by molar-refractivity contribution is 5.84. The van der Waals surface area contributed by atoms with Crippen molar-refractivity contribution in [2.24, 2.45) is 0 Å². The minimum atomic E-state index is -1.04. The number of carboxylic acids is 1. The monoisotopic (exact) mass is 253 g/mol. The molecule has 2 heterocycles. The van der Waals surface area contributed by atoms with Gasteiger partial charge in [-0.25, -0.2) is 4.79 Å². The van der Waals surface area contributed by atoms with Crippen molar-refractivity contribution in [3.05, 3.63) is 11.9 Å². The molecule has 0 aromatic carbocycles. The molecule has 2 N–H and O–H groups in total. The van der Waals surface area contributed by atoms with Crippen LogP contribution in [0.4, 0.5) is 0 Å². The number of likely N-dealkylation sites (N-methyl/N-ethyl adjacent to an activating group) is 1. The van der Waals surface area contributed by atoms with Crippen molar-refractivity contribution in [3.63, 3.8) is 0 Å². The fourth-order valence-electron chi connectivity index (χ4n) is 2.21. The van der Waals surface area contributed by atoms with Gasteiger partial charge in [0.25, 0.3) is 0 Å². The molecule has 1 aliphatic rings. The first kappa shape index (κ1) is 13.0. The average molecular weight is 253 g/mol. The molecule has 100 valence electrons. The fourth-order valence-corrected chi connectivity index (χ4v) is 2.21. The molecular weight excluding hydrogens is 234 g/mol. The number of hydrogen-bond acceptors (Lipinski definition) is 5. The van der Waals surface area contributed by atoms with Crippen LogP contribution in [0.25, 0.3) is 0 Å². The summed E-state index contributed by atoms with van der Waals surface area (Å²) in [4.78, 5) is 13.0. The third kappa shape index (κ3) is 3.27. The predicted molar refractivity (Wildman–Crippen MR) is 65.5 cm³/mol. The van der Waals surface area contributed by atoms with E-state index in [1.165, 1.54) is 25.6 Å². The Morgan fingerprint density at radius 1 is 1.67 bits per heavy atom. The van der Waals surface area contributed by atoms with Crippen LogP contribution in [0.2, 0.25) is 0 Å². The van der Waals surface area contributed by atoms with Crippen LogP contribution in [-0.4, -0.2) is 63.7 Å². The molecule has 0 bridgehead atoms. The molecular formula is C11H19N5O2. The largest absolute Gasteiger partial charge is 0.476 e. The first-order valence-corrected chi connectivity index (χ1v) is 6.21. The van der Waals surface area contributed by atoms with Crippen LogP contribution in [0.5, 0.6) is 0 Å². The fraction of sp³-hybridized carbons (Fsp3) is 0.727. The van der Waals surface area contributed by atoms with Crippen LogP contribution in [0.1, 0.15) is 23.3 Å². The number of rotatable bonds is 6. The number of nitrogens with zero attached hydrogens (tertiary/aromatic N) is 4. The molecule has 0 radical (unpaired) electrons. The maximum Gasteiger partial charge on any atom is 0.358 e. The van der Waals surface area contributed by atoms with E-state index in [0.717, 1.165) is 13.1 Å². The Hall–Kier alpha value is -1.47. The highest BCUT2D eigenvalue weighted by Crippen LogP contribution is 2.13. The summed E-state index contributed by atoms with van der Waals surface area (Å²) in [6, 6.07) is 0.621. The maximum absolute atomic E-state index is 10.6. The third-order valence-electron chi connectivity index (χ3n) is 3.33. The van der Waals surface area contributed by atoms with E-state index in [4.69, 9.17) is 5.11 Å². The molecule has 7 heteroatoms. The summed E-state index contributed by atoms with van der Waals surface area (Å²) in [5.74, 6) is -1.04. The van der Waals surface area contributed by atoms with E-state index in [9.17, 15) is 4.79 Å². The van der Waals surface area contributed by atoms with Gasteiger partial charge in [-0.2, -0.15) is 0 Å². The van der Waals surface area contributed by atoms with Gasteiger partial charge in [-0.1, -0.05) is 5.21 Å². The smallest absolute Gasteiger partial charge is 0.358 e. The summed E-state index contributed by atoms with van der Waals surface area (Å²) < 4.78 is 1.55. The van der Waals surface area contributed by atoms with E-state index in [1.807, 2.05) is 0 Å². The van der Waals surface area contributed by atoms with Gasteiger partial charge in [0, 0.05) is 19.1 Å². The zero-order chi connectivity index (χ0) is 13.0. The Bertz CT molecular complexity index is 406. The molecule has 1 aromatic heterocycles. The van der Waals surface area contributed by atoms with Gasteiger partial charge in [0.15, 0.2) is 5.69 Å². The van der Waals surface area contributed by atoms with Crippen LogP contribution in [-0.2, 0) is 6.54 Å².